The number of aliphatic hydroxyl groups is 1. The molecule has 1 fully saturated rings. The number of hydrogen-bond donors (Lipinski definition) is 3. The number of aliphatic hydroxyl groups excluding tert-OH is 1. The summed E-state index contributed by atoms with van der Waals surface area (Å²) >= 11 is 1.36. The molecule has 12 heteroatoms. The minimum absolute atomic E-state index is 0.0371. The molecule has 0 saturated carbocycles. The molecule has 0 bridgehead atoms. The number of hydrogen-bond acceptors (Lipinski definition) is 9. The highest BCUT2D eigenvalue weighted by Gasteiger charge is 2.43. The molecule has 0 spiro atoms. The molecule has 1 aliphatic rings. The molecule has 2 amide bonds. The number of aryl methyl sites for hydroxylation is 1. The van der Waals surface area contributed by atoms with Crippen LogP contribution in [0.2, 0.25) is 0 Å². The van der Waals surface area contributed by atoms with Crippen LogP contribution in [0, 0.1) is 23.7 Å². The van der Waals surface area contributed by atoms with Gasteiger partial charge in [0.25, 0.3) is 5.91 Å². The van der Waals surface area contributed by atoms with Crippen LogP contribution in [0.1, 0.15) is 36.8 Å². The first-order chi connectivity index (χ1) is 17.0. The molecular weight excluding hydrogens is 506 g/mol. The van der Waals surface area contributed by atoms with Crippen LogP contribution in [0.15, 0.2) is 18.2 Å². The lowest BCUT2D eigenvalue weighted by Gasteiger charge is -2.28. The van der Waals surface area contributed by atoms with Crippen LogP contribution in [0.3, 0.4) is 0 Å². The van der Waals surface area contributed by atoms with Gasteiger partial charge in [-0.2, -0.15) is 0 Å². The van der Waals surface area contributed by atoms with Gasteiger partial charge in [0, 0.05) is 31.3 Å². The van der Waals surface area contributed by atoms with Crippen LogP contribution >= 0.6 is 11.3 Å². The second-order valence-corrected chi connectivity index (χ2v) is 12.1. The first-order valence-corrected chi connectivity index (χ1v) is 13.9. The molecule has 1 saturated heterocycles. The summed E-state index contributed by atoms with van der Waals surface area (Å²) in [7, 11) is -3.78. The number of thiazole rings is 1. The summed E-state index contributed by atoms with van der Waals surface area (Å²) in [6, 6.07) is 5.41. The van der Waals surface area contributed by atoms with Gasteiger partial charge in [-0.1, -0.05) is 5.92 Å². The summed E-state index contributed by atoms with van der Waals surface area (Å²) in [6.45, 7) is 2.12. The number of rotatable bonds is 6. The number of aromatic nitrogens is 1. The van der Waals surface area contributed by atoms with Crippen molar-refractivity contribution in [2.24, 2.45) is 0 Å². The Bertz CT molecular complexity index is 1360. The van der Waals surface area contributed by atoms with Crippen molar-refractivity contribution in [2.45, 2.75) is 43.5 Å². The first kappa shape index (κ1) is 27.4. The van der Waals surface area contributed by atoms with E-state index in [9.17, 15) is 23.1 Å². The van der Waals surface area contributed by atoms with E-state index in [1.807, 2.05) is 6.07 Å². The van der Waals surface area contributed by atoms with E-state index >= 15 is 0 Å². The Hall–Kier alpha value is -3.16. The van der Waals surface area contributed by atoms with Gasteiger partial charge in [0.2, 0.25) is 0 Å². The van der Waals surface area contributed by atoms with Gasteiger partial charge >= 0.3 is 6.09 Å². The highest BCUT2D eigenvalue weighted by Crippen LogP contribution is 2.28. The summed E-state index contributed by atoms with van der Waals surface area (Å²) in [6.07, 6.45) is 1.42. The average molecular weight is 534 g/mol. The largest absolute Gasteiger partial charge is 0.436 e. The van der Waals surface area contributed by atoms with Crippen LogP contribution in [0.25, 0.3) is 10.2 Å². The normalized spacial score (nSPS) is 15.7. The number of piperidine rings is 1. The number of hydroxylamine groups is 1. The van der Waals surface area contributed by atoms with E-state index in [4.69, 9.17) is 9.94 Å². The smallest absolute Gasteiger partial charge is 0.410 e. The van der Waals surface area contributed by atoms with Gasteiger partial charge in [-0.25, -0.2) is 23.7 Å². The second kappa shape index (κ2) is 11.7. The predicted molar refractivity (Wildman–Crippen MR) is 134 cm³/mol. The number of carbonyl (C=O) groups is 2. The number of ether oxygens (including phenoxy) is 1. The molecule has 3 N–H and O–H groups in total. The minimum Gasteiger partial charge on any atom is -0.436 e. The molecule has 1 aromatic carbocycles. The van der Waals surface area contributed by atoms with Gasteiger partial charge in [0.15, 0.2) is 16.4 Å². The Kier molecular flexibility index (Phi) is 8.93. The molecule has 3 rings (SSSR count). The molecule has 0 unspecified atom stereocenters. The molecular formula is C24H27N3O7S2. The number of sulfone groups is 1. The third kappa shape index (κ3) is 6.74. The van der Waals surface area contributed by atoms with Crippen molar-refractivity contribution >= 4 is 43.4 Å². The van der Waals surface area contributed by atoms with Crippen LogP contribution in [0.5, 0.6) is 0 Å². The lowest BCUT2D eigenvalue weighted by molar-refractivity contribution is -0.131. The zero-order valence-corrected chi connectivity index (χ0v) is 21.5. The maximum atomic E-state index is 12.1. The van der Waals surface area contributed by atoms with Crippen molar-refractivity contribution in [3.63, 3.8) is 0 Å². The van der Waals surface area contributed by atoms with E-state index in [0.717, 1.165) is 16.5 Å². The minimum atomic E-state index is -3.78. The van der Waals surface area contributed by atoms with Gasteiger partial charge in [-0.15, -0.1) is 11.3 Å². The van der Waals surface area contributed by atoms with Gasteiger partial charge in [-0.05, 0) is 62.1 Å². The van der Waals surface area contributed by atoms with E-state index in [1.165, 1.54) is 23.7 Å². The van der Waals surface area contributed by atoms with Crippen molar-refractivity contribution in [3.8, 4) is 23.7 Å². The topological polar surface area (TPSA) is 146 Å². The Morgan fingerprint density at radius 2 is 2.03 bits per heavy atom. The predicted octanol–water partition coefficient (Wildman–Crippen LogP) is 1.49. The van der Waals surface area contributed by atoms with E-state index in [-0.39, 0.29) is 25.6 Å². The Morgan fingerprint density at radius 3 is 2.69 bits per heavy atom. The summed E-state index contributed by atoms with van der Waals surface area (Å²) in [4.78, 5) is 30.0. The molecule has 1 atom stereocenters. The zero-order valence-electron chi connectivity index (χ0n) is 19.9. The van der Waals surface area contributed by atoms with Crippen molar-refractivity contribution in [2.75, 3.05) is 26.0 Å². The average Bonchev–Trinajstić information content (AvgIpc) is 3.26. The number of amides is 2. The van der Waals surface area contributed by atoms with E-state index in [2.05, 4.69) is 28.7 Å². The molecule has 192 valence electrons. The number of fused-ring (bicyclic) bond motifs is 1. The Morgan fingerprint density at radius 1 is 1.31 bits per heavy atom. The molecule has 0 radical (unpaired) electrons. The molecule has 1 aromatic heterocycles. The van der Waals surface area contributed by atoms with E-state index < -0.39 is 26.6 Å². The fourth-order valence-electron chi connectivity index (χ4n) is 3.51. The van der Waals surface area contributed by atoms with Crippen molar-refractivity contribution < 1.29 is 33.1 Å². The quantitative estimate of drug-likeness (QED) is 0.288. The number of likely N-dealkylation sites (tertiary alicyclic amines) is 1. The van der Waals surface area contributed by atoms with Gasteiger partial charge in [0.05, 0.1) is 21.3 Å². The van der Waals surface area contributed by atoms with Crippen LogP contribution in [-0.4, -0.2) is 77.4 Å². The van der Waals surface area contributed by atoms with Crippen molar-refractivity contribution in [1.82, 2.24) is 15.4 Å². The highest BCUT2D eigenvalue weighted by atomic mass is 32.2. The number of benzene rings is 1. The van der Waals surface area contributed by atoms with Crippen molar-refractivity contribution in [3.05, 3.63) is 28.8 Å². The summed E-state index contributed by atoms with van der Waals surface area (Å²) < 4.78 is 28.4. The number of nitrogens with zero attached hydrogens (tertiary/aromatic N) is 2. The number of carbonyl (C=O) groups excluding carboxylic acids is 2. The summed E-state index contributed by atoms with van der Waals surface area (Å²) in [5.41, 5.74) is 2.86. The standard InChI is InChI=1S/C24H27N3O7S2/c1-24(22(29)26-31,36(2,32)33)12-9-21-25-19-8-7-17(16-20(19)35-21)6-4-3-5-15-34-23(30)27-13-10-18(28)11-14-27/h7-8,16,18,28,31H,9-15H2,1-2H3,(H,26,29)/t24-/m1/s1. The molecule has 10 nitrogen and oxygen atoms in total. The molecule has 36 heavy (non-hydrogen) atoms. The third-order valence-electron chi connectivity index (χ3n) is 6.00. The molecule has 0 aliphatic carbocycles. The summed E-state index contributed by atoms with van der Waals surface area (Å²) in [5.74, 6) is 9.98. The Labute approximate surface area is 213 Å². The molecule has 2 heterocycles. The van der Waals surface area contributed by atoms with E-state index in [1.54, 1.807) is 17.0 Å². The third-order valence-corrected chi connectivity index (χ3v) is 9.10. The second-order valence-electron chi connectivity index (χ2n) is 8.56. The highest BCUT2D eigenvalue weighted by molar-refractivity contribution is 7.92. The fourth-order valence-corrected chi connectivity index (χ4v) is 5.37. The van der Waals surface area contributed by atoms with Crippen molar-refractivity contribution in [1.29, 1.82) is 0 Å². The maximum absolute atomic E-state index is 12.1. The fraction of sp³-hybridized carbons (Fsp3) is 0.458. The van der Waals surface area contributed by atoms with E-state index in [0.29, 0.717) is 36.5 Å². The molecule has 1 aliphatic heterocycles. The van der Waals surface area contributed by atoms with Crippen LogP contribution < -0.4 is 5.48 Å². The Balaban J connectivity index is 1.58. The van der Waals surface area contributed by atoms with Gasteiger partial charge < -0.3 is 14.7 Å². The lowest BCUT2D eigenvalue weighted by atomic mass is 10.0. The lowest BCUT2D eigenvalue weighted by Crippen LogP contribution is -2.49. The SMILES string of the molecule is C[C@@](CCc1nc2ccc(C#CC#CCOC(=O)N3CCC(O)CC3)cc2s1)(C(=O)NO)S(C)(=O)=O. The van der Waals surface area contributed by atoms with Gasteiger partial charge in [0.1, 0.15) is 4.75 Å². The molecule has 2 aromatic rings. The monoisotopic (exact) mass is 533 g/mol. The zero-order chi connectivity index (χ0) is 26.3. The maximum Gasteiger partial charge on any atom is 0.410 e. The van der Waals surface area contributed by atoms with Crippen LogP contribution in [0.4, 0.5) is 4.79 Å². The first-order valence-electron chi connectivity index (χ1n) is 11.2. The van der Waals surface area contributed by atoms with Crippen LogP contribution in [-0.2, 0) is 25.8 Å². The number of nitrogens with one attached hydrogen (secondary N) is 1. The van der Waals surface area contributed by atoms with Gasteiger partial charge in [-0.3, -0.25) is 10.0 Å². The summed E-state index contributed by atoms with van der Waals surface area (Å²) in [5, 5.41) is 19.1.